The Hall–Kier alpha value is -0.870. The maximum Gasteiger partial charge on any atom is 0.261 e. The highest BCUT2D eigenvalue weighted by molar-refractivity contribution is 7.12. The summed E-state index contributed by atoms with van der Waals surface area (Å²) in [7, 11) is 0. The summed E-state index contributed by atoms with van der Waals surface area (Å²) in [4.78, 5) is 12.2. The normalized spacial score (nSPS) is 10.0. The summed E-state index contributed by atoms with van der Waals surface area (Å²) < 4.78 is 0. The highest BCUT2D eigenvalue weighted by Gasteiger charge is 2.10. The molecule has 0 aliphatic heterocycles. The van der Waals surface area contributed by atoms with E-state index >= 15 is 0 Å². The number of nitrogens with one attached hydrogen (secondary N) is 1. The number of rotatable bonds is 4. The van der Waals surface area contributed by atoms with Crippen LogP contribution in [0.1, 0.15) is 22.2 Å². The molecule has 72 valence electrons. The molecule has 0 aromatic carbocycles. The van der Waals surface area contributed by atoms with Crippen molar-refractivity contribution in [2.75, 3.05) is 13.2 Å². The van der Waals surface area contributed by atoms with Crippen LogP contribution in [0.25, 0.3) is 0 Å². The highest BCUT2D eigenvalue weighted by atomic mass is 32.1. The van der Waals surface area contributed by atoms with Gasteiger partial charge in [-0.3, -0.25) is 4.79 Å². The first kappa shape index (κ1) is 10.2. The zero-order chi connectivity index (χ0) is 9.68. The Labute approximate surface area is 81.4 Å². The fourth-order valence-corrected chi connectivity index (χ4v) is 1.97. The molecule has 1 heterocycles. The van der Waals surface area contributed by atoms with Crippen LogP contribution in [0.4, 0.5) is 0 Å². The smallest absolute Gasteiger partial charge is 0.261 e. The molecule has 0 saturated heterocycles. The minimum atomic E-state index is -0.0825. The second-order valence-electron chi connectivity index (χ2n) is 2.61. The zero-order valence-corrected chi connectivity index (χ0v) is 8.36. The Morgan fingerprint density at radius 1 is 1.69 bits per heavy atom. The lowest BCUT2D eigenvalue weighted by atomic mass is 10.2. The topological polar surface area (TPSA) is 49.3 Å². The molecular weight excluding hydrogens is 186 g/mol. The fourth-order valence-electron chi connectivity index (χ4n) is 1.06. The van der Waals surface area contributed by atoms with Crippen molar-refractivity contribution in [1.29, 1.82) is 0 Å². The molecule has 3 nitrogen and oxygen atoms in total. The number of aryl methyl sites for hydroxylation is 1. The molecule has 4 heteroatoms. The Bertz CT molecular complexity index is 283. The molecule has 0 radical (unpaired) electrons. The van der Waals surface area contributed by atoms with Crippen molar-refractivity contribution in [3.63, 3.8) is 0 Å². The molecule has 0 aliphatic carbocycles. The predicted octanol–water partition coefficient (Wildman–Crippen LogP) is 1.03. The average molecular weight is 199 g/mol. The van der Waals surface area contributed by atoms with Crippen LogP contribution in [-0.4, -0.2) is 24.2 Å². The molecule has 0 atom stereocenters. The molecule has 0 unspecified atom stereocenters. The van der Waals surface area contributed by atoms with Gasteiger partial charge in [0.1, 0.15) is 0 Å². The van der Waals surface area contributed by atoms with Gasteiger partial charge >= 0.3 is 0 Å². The minimum Gasteiger partial charge on any atom is -0.395 e. The molecule has 1 aromatic heterocycles. The zero-order valence-electron chi connectivity index (χ0n) is 7.54. The van der Waals surface area contributed by atoms with Crippen molar-refractivity contribution in [1.82, 2.24) is 5.32 Å². The number of thiophene rings is 1. The van der Waals surface area contributed by atoms with Crippen LogP contribution >= 0.6 is 11.3 Å². The van der Waals surface area contributed by atoms with Crippen molar-refractivity contribution in [2.45, 2.75) is 13.3 Å². The van der Waals surface area contributed by atoms with E-state index in [1.807, 2.05) is 18.4 Å². The molecule has 0 aliphatic rings. The van der Waals surface area contributed by atoms with Crippen molar-refractivity contribution < 1.29 is 9.90 Å². The lowest BCUT2D eigenvalue weighted by Gasteiger charge is -2.02. The van der Waals surface area contributed by atoms with E-state index in [1.165, 1.54) is 11.3 Å². The van der Waals surface area contributed by atoms with Crippen LogP contribution in [-0.2, 0) is 6.42 Å². The monoisotopic (exact) mass is 199 g/mol. The first-order chi connectivity index (χ1) is 6.29. The van der Waals surface area contributed by atoms with Crippen LogP contribution < -0.4 is 5.32 Å². The maximum absolute atomic E-state index is 11.4. The summed E-state index contributed by atoms with van der Waals surface area (Å²) in [5.74, 6) is -0.0825. The van der Waals surface area contributed by atoms with Crippen molar-refractivity contribution in [3.05, 3.63) is 21.9 Å². The van der Waals surface area contributed by atoms with Gasteiger partial charge in [0.15, 0.2) is 0 Å². The number of amides is 1. The van der Waals surface area contributed by atoms with Gasteiger partial charge in [-0.25, -0.2) is 0 Å². The largest absolute Gasteiger partial charge is 0.395 e. The predicted molar refractivity (Wildman–Crippen MR) is 53.1 cm³/mol. The van der Waals surface area contributed by atoms with Gasteiger partial charge in [-0.2, -0.15) is 0 Å². The van der Waals surface area contributed by atoms with Crippen molar-refractivity contribution in [2.24, 2.45) is 0 Å². The molecular formula is C9H13NO2S. The Morgan fingerprint density at radius 2 is 2.46 bits per heavy atom. The second kappa shape index (κ2) is 4.99. The first-order valence-corrected chi connectivity index (χ1v) is 5.13. The Balaban J connectivity index is 2.65. The van der Waals surface area contributed by atoms with Gasteiger partial charge in [0.05, 0.1) is 11.5 Å². The van der Waals surface area contributed by atoms with Crippen LogP contribution in [0.3, 0.4) is 0 Å². The van der Waals surface area contributed by atoms with E-state index < -0.39 is 0 Å². The van der Waals surface area contributed by atoms with E-state index in [-0.39, 0.29) is 12.5 Å². The van der Waals surface area contributed by atoms with Gasteiger partial charge in [0, 0.05) is 6.54 Å². The quantitative estimate of drug-likeness (QED) is 0.761. The van der Waals surface area contributed by atoms with Gasteiger partial charge in [-0.1, -0.05) is 6.92 Å². The highest BCUT2D eigenvalue weighted by Crippen LogP contribution is 2.16. The standard InChI is InChI=1S/C9H13NO2S/c1-2-7-3-6-13-8(7)9(12)10-4-5-11/h3,6,11H,2,4-5H2,1H3,(H,10,12). The number of carbonyl (C=O) groups is 1. The van der Waals surface area contributed by atoms with Crippen LogP contribution in [0.15, 0.2) is 11.4 Å². The molecule has 1 amide bonds. The summed E-state index contributed by atoms with van der Waals surface area (Å²) >= 11 is 1.44. The molecule has 1 aromatic rings. The van der Waals surface area contributed by atoms with Crippen LogP contribution in [0.5, 0.6) is 0 Å². The molecule has 1 rings (SSSR count). The third-order valence-electron chi connectivity index (χ3n) is 1.73. The molecule has 0 saturated carbocycles. The van der Waals surface area contributed by atoms with Gasteiger partial charge in [0.2, 0.25) is 0 Å². The van der Waals surface area contributed by atoms with E-state index in [4.69, 9.17) is 5.11 Å². The Kier molecular flexibility index (Phi) is 3.92. The fraction of sp³-hybridized carbons (Fsp3) is 0.444. The maximum atomic E-state index is 11.4. The summed E-state index contributed by atoms with van der Waals surface area (Å²) in [5.41, 5.74) is 1.07. The van der Waals surface area contributed by atoms with Crippen molar-refractivity contribution >= 4 is 17.2 Å². The number of aliphatic hydroxyl groups excluding tert-OH is 1. The molecule has 0 spiro atoms. The summed E-state index contributed by atoms with van der Waals surface area (Å²) in [6, 6.07) is 1.96. The third-order valence-corrected chi connectivity index (χ3v) is 2.69. The molecule has 2 N–H and O–H groups in total. The van der Waals surface area contributed by atoms with Gasteiger partial charge < -0.3 is 10.4 Å². The van der Waals surface area contributed by atoms with E-state index in [0.29, 0.717) is 6.54 Å². The molecule has 0 bridgehead atoms. The number of hydrogen-bond acceptors (Lipinski definition) is 3. The first-order valence-electron chi connectivity index (χ1n) is 4.25. The third kappa shape index (κ3) is 2.54. The van der Waals surface area contributed by atoms with Crippen LogP contribution in [0.2, 0.25) is 0 Å². The SMILES string of the molecule is CCc1ccsc1C(=O)NCCO. The summed E-state index contributed by atoms with van der Waals surface area (Å²) in [6.45, 7) is 2.32. The van der Waals surface area contributed by atoms with Crippen LogP contribution in [0, 0.1) is 0 Å². The van der Waals surface area contributed by atoms with Gasteiger partial charge in [0.25, 0.3) is 5.91 Å². The van der Waals surface area contributed by atoms with E-state index in [9.17, 15) is 4.79 Å². The summed E-state index contributed by atoms with van der Waals surface area (Å²) in [6.07, 6.45) is 0.866. The number of hydrogen-bond donors (Lipinski definition) is 2. The number of aliphatic hydroxyl groups is 1. The lowest BCUT2D eigenvalue weighted by Crippen LogP contribution is -2.26. The lowest BCUT2D eigenvalue weighted by molar-refractivity contribution is 0.0948. The van der Waals surface area contributed by atoms with Gasteiger partial charge in [-0.05, 0) is 23.4 Å². The Morgan fingerprint density at radius 3 is 3.08 bits per heavy atom. The van der Waals surface area contributed by atoms with Gasteiger partial charge in [-0.15, -0.1) is 11.3 Å². The molecule has 0 fully saturated rings. The average Bonchev–Trinajstić information content (AvgIpc) is 2.61. The number of carbonyl (C=O) groups excluding carboxylic acids is 1. The summed E-state index contributed by atoms with van der Waals surface area (Å²) in [5, 5.41) is 13.1. The second-order valence-corrected chi connectivity index (χ2v) is 3.52. The van der Waals surface area contributed by atoms with E-state index in [2.05, 4.69) is 5.32 Å². The molecule has 13 heavy (non-hydrogen) atoms. The van der Waals surface area contributed by atoms with E-state index in [1.54, 1.807) is 0 Å². The minimum absolute atomic E-state index is 0.0153. The van der Waals surface area contributed by atoms with E-state index in [0.717, 1.165) is 16.9 Å². The van der Waals surface area contributed by atoms with Crippen molar-refractivity contribution in [3.8, 4) is 0 Å².